The Morgan fingerprint density at radius 1 is 1.12 bits per heavy atom. The van der Waals surface area contributed by atoms with Crippen molar-refractivity contribution in [2.24, 2.45) is 10.7 Å². The lowest BCUT2D eigenvalue weighted by atomic mass is 9.82. The van der Waals surface area contributed by atoms with E-state index in [2.05, 4.69) is 25.9 Å². The second-order valence-electron chi connectivity index (χ2n) is 11.9. The van der Waals surface area contributed by atoms with Crippen LogP contribution in [0.15, 0.2) is 29.4 Å². The summed E-state index contributed by atoms with van der Waals surface area (Å²) in [5.74, 6) is -5.82. The van der Waals surface area contributed by atoms with E-state index in [9.17, 15) is 14.0 Å². The van der Waals surface area contributed by atoms with E-state index in [0.29, 0.717) is 0 Å². The number of hydrogen-bond acceptors (Lipinski definition) is 9. The first-order valence-corrected chi connectivity index (χ1v) is 14.2. The average Bonchev–Trinajstić information content (AvgIpc) is 2.86. The number of carbonyl (C=O) groups is 2. The monoisotopic (exact) mass is 627 g/mol. The van der Waals surface area contributed by atoms with E-state index >= 15 is 13.2 Å². The van der Waals surface area contributed by atoms with Crippen LogP contribution in [0.1, 0.15) is 69.7 Å². The first-order chi connectivity index (χ1) is 19.7. The number of alkyl halides is 2. The summed E-state index contributed by atoms with van der Waals surface area (Å²) in [6.45, 7) is 10.2. The van der Waals surface area contributed by atoms with Gasteiger partial charge in [-0.3, -0.25) is 15.1 Å². The maximum atomic E-state index is 15.7. The third-order valence-corrected chi connectivity index (χ3v) is 8.56. The molecular weight excluding hydrogens is 590 g/mol. The van der Waals surface area contributed by atoms with E-state index < -0.39 is 69.0 Å². The molecule has 1 aliphatic rings. The summed E-state index contributed by atoms with van der Waals surface area (Å²) < 4.78 is 63.6. The SMILES string of the molecule is CN[C@]1(CC(F)(F)CN)SC(C)(C)C(NC(=O)OC(C)(C)C)=N[C@]1(C)c1nc(NC(=O)c2ncc(F)cc2C)ccc1F. The van der Waals surface area contributed by atoms with Crippen LogP contribution < -0.4 is 21.7 Å². The fraction of sp³-hybridized carbons (Fsp3) is 0.536. The Bertz CT molecular complexity index is 1430. The smallest absolute Gasteiger partial charge is 0.413 e. The van der Waals surface area contributed by atoms with Crippen LogP contribution in [0, 0.1) is 18.6 Å². The third kappa shape index (κ3) is 7.44. The molecule has 2 aromatic rings. The van der Waals surface area contributed by atoms with Crippen molar-refractivity contribution < 1.29 is 31.9 Å². The number of rotatable bonds is 7. The number of hydrogen-bond donors (Lipinski definition) is 4. The molecule has 0 saturated carbocycles. The zero-order valence-corrected chi connectivity index (χ0v) is 26.1. The predicted molar refractivity (Wildman–Crippen MR) is 157 cm³/mol. The van der Waals surface area contributed by atoms with Gasteiger partial charge in [0, 0.05) is 6.42 Å². The summed E-state index contributed by atoms with van der Waals surface area (Å²) >= 11 is 0.990. The number of aliphatic imine (C=N–C) groups is 1. The minimum atomic E-state index is -3.41. The van der Waals surface area contributed by atoms with Crippen molar-refractivity contribution in [3.63, 3.8) is 0 Å². The van der Waals surface area contributed by atoms with Gasteiger partial charge in [0.15, 0.2) is 0 Å². The Hall–Kier alpha value is -3.30. The summed E-state index contributed by atoms with van der Waals surface area (Å²) in [6, 6.07) is 3.31. The molecule has 10 nitrogen and oxygen atoms in total. The van der Waals surface area contributed by atoms with Crippen LogP contribution in [-0.4, -0.2) is 62.5 Å². The van der Waals surface area contributed by atoms with Gasteiger partial charge in [-0.05, 0) is 79.3 Å². The number of halogens is 4. The number of aromatic nitrogens is 2. The Balaban J connectivity index is 2.20. The number of nitrogens with two attached hydrogens (primary N) is 1. The van der Waals surface area contributed by atoms with Crippen molar-refractivity contribution in [1.82, 2.24) is 20.6 Å². The Morgan fingerprint density at radius 2 is 1.77 bits per heavy atom. The van der Waals surface area contributed by atoms with Crippen molar-refractivity contribution in [2.75, 3.05) is 18.9 Å². The van der Waals surface area contributed by atoms with Gasteiger partial charge in [0.25, 0.3) is 11.8 Å². The van der Waals surface area contributed by atoms with E-state index in [4.69, 9.17) is 15.5 Å². The number of aryl methyl sites for hydroxylation is 1. The van der Waals surface area contributed by atoms with Crippen LogP contribution in [0.3, 0.4) is 0 Å². The second kappa shape index (κ2) is 12.0. The molecule has 1 aliphatic heterocycles. The standard InChI is InChI=1S/C28H37F4N7O3S/c1-15-11-16(29)12-35-19(15)21(40)37-18-10-9-17(30)20(36-18)26(7)28(34-8,13-27(31,32)14-33)43-25(5,6)22(39-26)38-23(41)42-24(2,3)4/h9-12,34H,13-14,33H2,1-8H3,(H,36,37,40)(H,38,39,41)/t26-,28-/m1/s1. The maximum Gasteiger partial charge on any atom is 0.413 e. The van der Waals surface area contributed by atoms with Crippen molar-refractivity contribution in [3.8, 4) is 0 Å². The van der Waals surface area contributed by atoms with Gasteiger partial charge in [0.05, 0.1) is 17.5 Å². The van der Waals surface area contributed by atoms with Gasteiger partial charge in [-0.25, -0.2) is 32.3 Å². The summed E-state index contributed by atoms with van der Waals surface area (Å²) in [6.07, 6.45) is -0.861. The summed E-state index contributed by atoms with van der Waals surface area (Å²) in [5, 5.41) is 8.02. The topological polar surface area (TPSA) is 144 Å². The number of alkyl carbamates (subject to hydrolysis) is 1. The lowest BCUT2D eigenvalue weighted by Gasteiger charge is -2.53. The molecule has 0 fully saturated rings. The minimum absolute atomic E-state index is 0.0259. The number of pyridine rings is 2. The first-order valence-electron chi connectivity index (χ1n) is 13.4. The van der Waals surface area contributed by atoms with Gasteiger partial charge in [-0.1, -0.05) is 0 Å². The number of amidine groups is 1. The van der Waals surface area contributed by atoms with Crippen molar-refractivity contribution >= 4 is 35.4 Å². The molecule has 2 amide bonds. The van der Waals surface area contributed by atoms with Gasteiger partial charge < -0.3 is 21.1 Å². The molecule has 3 heterocycles. The molecule has 0 bridgehead atoms. The van der Waals surface area contributed by atoms with Crippen LogP contribution in [0.4, 0.5) is 28.2 Å². The average molecular weight is 628 g/mol. The highest BCUT2D eigenvalue weighted by Crippen LogP contribution is 2.56. The molecular formula is C28H37F4N7O3S. The minimum Gasteiger partial charge on any atom is -0.444 e. The normalized spacial score (nSPS) is 22.0. The molecule has 43 heavy (non-hydrogen) atoms. The Kier molecular flexibility index (Phi) is 9.54. The highest BCUT2D eigenvalue weighted by atomic mass is 32.2. The molecule has 0 aromatic carbocycles. The third-order valence-electron chi connectivity index (χ3n) is 6.76. The zero-order chi connectivity index (χ0) is 32.6. The lowest BCUT2D eigenvalue weighted by molar-refractivity contribution is -0.0217. The summed E-state index contributed by atoms with van der Waals surface area (Å²) in [5.41, 5.74) is 2.39. The largest absolute Gasteiger partial charge is 0.444 e. The number of nitrogens with one attached hydrogen (secondary N) is 3. The van der Waals surface area contributed by atoms with Gasteiger partial charge in [-0.2, -0.15) is 0 Å². The van der Waals surface area contributed by atoms with Gasteiger partial charge in [-0.15, -0.1) is 11.8 Å². The van der Waals surface area contributed by atoms with Gasteiger partial charge in [0.2, 0.25) is 0 Å². The van der Waals surface area contributed by atoms with Crippen LogP contribution in [0.25, 0.3) is 0 Å². The van der Waals surface area contributed by atoms with E-state index in [1.54, 1.807) is 34.6 Å². The molecule has 15 heteroatoms. The molecule has 0 radical (unpaired) electrons. The van der Waals surface area contributed by atoms with Crippen molar-refractivity contribution in [1.29, 1.82) is 0 Å². The van der Waals surface area contributed by atoms with Crippen LogP contribution in [0.5, 0.6) is 0 Å². The van der Waals surface area contributed by atoms with Crippen molar-refractivity contribution in [3.05, 3.63) is 53.0 Å². The molecule has 5 N–H and O–H groups in total. The number of likely N-dealkylation sites (N-methyl/N-ethyl adjacent to an activating group) is 1. The van der Waals surface area contributed by atoms with E-state index in [-0.39, 0.29) is 22.9 Å². The first kappa shape index (κ1) is 34.2. The summed E-state index contributed by atoms with van der Waals surface area (Å²) in [4.78, 5) is 36.8. The van der Waals surface area contributed by atoms with Crippen LogP contribution in [-0.2, 0) is 10.3 Å². The maximum absolute atomic E-state index is 15.7. The van der Waals surface area contributed by atoms with Crippen molar-refractivity contribution in [2.45, 2.75) is 81.6 Å². The number of ether oxygens (including phenoxy) is 1. The summed E-state index contributed by atoms with van der Waals surface area (Å²) in [7, 11) is 1.43. The predicted octanol–water partition coefficient (Wildman–Crippen LogP) is 4.88. The number of nitrogens with zero attached hydrogens (tertiary/aromatic N) is 3. The quantitative estimate of drug-likeness (QED) is 0.318. The number of amides is 2. The molecule has 2 aromatic heterocycles. The fourth-order valence-electron chi connectivity index (χ4n) is 4.69. The second-order valence-corrected chi connectivity index (χ2v) is 13.8. The fourth-order valence-corrected chi connectivity index (χ4v) is 6.48. The van der Waals surface area contributed by atoms with Gasteiger partial charge >= 0.3 is 6.09 Å². The van der Waals surface area contributed by atoms with E-state index in [1.807, 2.05) is 0 Å². The van der Waals surface area contributed by atoms with Crippen LogP contribution >= 0.6 is 11.8 Å². The molecule has 0 saturated heterocycles. The molecule has 0 spiro atoms. The van der Waals surface area contributed by atoms with Crippen LogP contribution in [0.2, 0.25) is 0 Å². The number of thioether (sulfide) groups is 1. The van der Waals surface area contributed by atoms with Gasteiger partial charge in [0.1, 0.15) is 50.7 Å². The highest BCUT2D eigenvalue weighted by Gasteiger charge is 2.61. The molecule has 3 rings (SSSR count). The molecule has 236 valence electrons. The molecule has 2 atom stereocenters. The zero-order valence-electron chi connectivity index (χ0n) is 25.3. The lowest BCUT2D eigenvalue weighted by Crippen LogP contribution is -2.65. The Morgan fingerprint density at radius 3 is 2.33 bits per heavy atom. The number of carbonyl (C=O) groups excluding carboxylic acids is 2. The number of anilines is 1. The Labute approximate surface area is 252 Å². The highest BCUT2D eigenvalue weighted by molar-refractivity contribution is 8.02. The molecule has 0 aliphatic carbocycles. The molecule has 0 unspecified atom stereocenters. The van der Waals surface area contributed by atoms with E-state index in [1.165, 1.54) is 27.0 Å². The van der Waals surface area contributed by atoms with E-state index in [0.717, 1.165) is 30.1 Å².